The van der Waals surface area contributed by atoms with E-state index in [-0.39, 0.29) is 40.1 Å². The predicted molar refractivity (Wildman–Crippen MR) is 128 cm³/mol. The van der Waals surface area contributed by atoms with E-state index in [4.69, 9.17) is 21.1 Å². The summed E-state index contributed by atoms with van der Waals surface area (Å²) in [6, 6.07) is 18.9. The minimum Gasteiger partial charge on any atom is -0.476 e. The standard InChI is InChI=1S/C24H21ClN2O6S/c1-2-32-24(29)16-12-13-19(18(25)14-16)26-23(28)22-15-27(20-10-6-7-11-21(20)33-22)34(30,31)17-8-4-3-5-9-17/h3-14,22H,2,15H2,1H3,(H,26,28)/t22-/m1/s1. The van der Waals surface area contributed by atoms with Crippen LogP contribution in [0.3, 0.4) is 0 Å². The summed E-state index contributed by atoms with van der Waals surface area (Å²) in [5, 5.41) is 2.78. The van der Waals surface area contributed by atoms with Gasteiger partial charge in [-0.3, -0.25) is 9.10 Å². The predicted octanol–water partition coefficient (Wildman–Crippen LogP) is 4.11. The van der Waals surface area contributed by atoms with E-state index in [1.807, 2.05) is 0 Å². The number of para-hydroxylation sites is 2. The van der Waals surface area contributed by atoms with E-state index >= 15 is 0 Å². The Morgan fingerprint density at radius 2 is 1.79 bits per heavy atom. The molecule has 4 rings (SSSR count). The summed E-state index contributed by atoms with van der Waals surface area (Å²) < 4.78 is 38.7. The fraction of sp³-hybridized carbons (Fsp3) is 0.167. The number of hydrogen-bond donors (Lipinski definition) is 1. The van der Waals surface area contributed by atoms with Crippen LogP contribution in [0.15, 0.2) is 77.7 Å². The van der Waals surface area contributed by atoms with Crippen molar-refractivity contribution in [2.45, 2.75) is 17.9 Å². The van der Waals surface area contributed by atoms with Crippen LogP contribution in [0.1, 0.15) is 17.3 Å². The molecule has 3 aromatic carbocycles. The highest BCUT2D eigenvalue weighted by atomic mass is 35.5. The Balaban J connectivity index is 1.60. The molecule has 0 spiro atoms. The summed E-state index contributed by atoms with van der Waals surface area (Å²) in [6.45, 7) is 1.67. The summed E-state index contributed by atoms with van der Waals surface area (Å²) in [7, 11) is -3.95. The lowest BCUT2D eigenvalue weighted by atomic mass is 10.2. The lowest BCUT2D eigenvalue weighted by Crippen LogP contribution is -2.48. The number of amides is 1. The van der Waals surface area contributed by atoms with Crippen molar-refractivity contribution in [2.75, 3.05) is 22.8 Å². The number of anilines is 2. The molecule has 10 heteroatoms. The zero-order valence-electron chi connectivity index (χ0n) is 18.1. The molecule has 1 N–H and O–H groups in total. The quantitative estimate of drug-likeness (QED) is 0.511. The number of benzene rings is 3. The number of carbonyl (C=O) groups excluding carboxylic acids is 2. The molecule has 0 aliphatic carbocycles. The lowest BCUT2D eigenvalue weighted by Gasteiger charge is -2.34. The van der Waals surface area contributed by atoms with E-state index < -0.39 is 28.0 Å². The molecule has 34 heavy (non-hydrogen) atoms. The zero-order valence-corrected chi connectivity index (χ0v) is 19.7. The molecule has 0 unspecified atom stereocenters. The van der Waals surface area contributed by atoms with Gasteiger partial charge in [-0.2, -0.15) is 0 Å². The molecule has 0 fully saturated rings. The van der Waals surface area contributed by atoms with Gasteiger partial charge in [0, 0.05) is 0 Å². The molecular formula is C24H21ClN2O6S. The van der Waals surface area contributed by atoms with Crippen molar-refractivity contribution < 1.29 is 27.5 Å². The minimum absolute atomic E-state index is 0.100. The first kappa shape index (κ1) is 23.6. The van der Waals surface area contributed by atoms with Crippen LogP contribution in [0.4, 0.5) is 11.4 Å². The van der Waals surface area contributed by atoms with Gasteiger partial charge in [-0.1, -0.05) is 41.9 Å². The van der Waals surface area contributed by atoms with Crippen LogP contribution in [0.5, 0.6) is 5.75 Å². The lowest BCUT2D eigenvalue weighted by molar-refractivity contribution is -0.122. The molecule has 8 nitrogen and oxygen atoms in total. The zero-order chi connectivity index (χ0) is 24.3. The van der Waals surface area contributed by atoms with Gasteiger partial charge in [0.25, 0.3) is 15.9 Å². The van der Waals surface area contributed by atoms with E-state index in [0.717, 1.165) is 4.31 Å². The molecule has 0 aromatic heterocycles. The Kier molecular flexibility index (Phi) is 6.76. The number of nitrogens with one attached hydrogen (secondary N) is 1. The maximum atomic E-state index is 13.4. The van der Waals surface area contributed by atoms with E-state index in [9.17, 15) is 18.0 Å². The first-order valence-electron chi connectivity index (χ1n) is 10.4. The highest BCUT2D eigenvalue weighted by molar-refractivity contribution is 7.92. The number of halogens is 1. The van der Waals surface area contributed by atoms with Crippen molar-refractivity contribution in [3.8, 4) is 5.75 Å². The molecule has 3 aromatic rings. The average molecular weight is 501 g/mol. The van der Waals surface area contributed by atoms with Crippen molar-refractivity contribution in [1.29, 1.82) is 0 Å². The molecule has 0 bridgehead atoms. The maximum absolute atomic E-state index is 13.4. The van der Waals surface area contributed by atoms with Gasteiger partial charge >= 0.3 is 5.97 Å². The molecule has 0 saturated heterocycles. The van der Waals surface area contributed by atoms with Gasteiger partial charge in [0.1, 0.15) is 5.75 Å². The highest BCUT2D eigenvalue weighted by Gasteiger charge is 2.37. The number of ether oxygens (including phenoxy) is 2. The summed E-state index contributed by atoms with van der Waals surface area (Å²) in [4.78, 5) is 25.0. The molecule has 1 aliphatic heterocycles. The largest absolute Gasteiger partial charge is 0.476 e. The molecule has 1 atom stereocenters. The molecule has 0 saturated carbocycles. The van der Waals surface area contributed by atoms with E-state index in [0.29, 0.717) is 5.69 Å². The summed E-state index contributed by atoms with van der Waals surface area (Å²) in [5.74, 6) is -0.859. The van der Waals surface area contributed by atoms with Crippen LogP contribution < -0.4 is 14.4 Å². The Labute approximate surface area is 202 Å². The summed E-state index contributed by atoms with van der Waals surface area (Å²) >= 11 is 6.25. The monoisotopic (exact) mass is 500 g/mol. The van der Waals surface area contributed by atoms with Gasteiger partial charge in [0.2, 0.25) is 0 Å². The van der Waals surface area contributed by atoms with Crippen LogP contribution in [-0.4, -0.2) is 39.5 Å². The number of rotatable bonds is 6. The number of sulfonamides is 1. The van der Waals surface area contributed by atoms with Crippen molar-refractivity contribution >= 4 is 44.9 Å². The second-order valence-corrected chi connectivity index (χ2v) is 9.60. The summed E-state index contributed by atoms with van der Waals surface area (Å²) in [6.07, 6.45) is -1.14. The Morgan fingerprint density at radius 3 is 2.50 bits per heavy atom. The van der Waals surface area contributed by atoms with Crippen LogP contribution >= 0.6 is 11.6 Å². The minimum atomic E-state index is -3.95. The summed E-state index contributed by atoms with van der Waals surface area (Å²) in [5.41, 5.74) is 0.833. The maximum Gasteiger partial charge on any atom is 0.338 e. The van der Waals surface area contributed by atoms with Crippen LogP contribution in [0.25, 0.3) is 0 Å². The van der Waals surface area contributed by atoms with Crippen molar-refractivity contribution in [3.05, 3.63) is 83.4 Å². The van der Waals surface area contributed by atoms with Gasteiger partial charge in [-0.05, 0) is 49.4 Å². The van der Waals surface area contributed by atoms with Gasteiger partial charge < -0.3 is 14.8 Å². The van der Waals surface area contributed by atoms with Crippen molar-refractivity contribution in [3.63, 3.8) is 0 Å². The average Bonchev–Trinajstić information content (AvgIpc) is 2.85. The fourth-order valence-corrected chi connectivity index (χ4v) is 5.18. The number of hydrogen-bond acceptors (Lipinski definition) is 6. The first-order valence-corrected chi connectivity index (χ1v) is 12.2. The third-order valence-electron chi connectivity index (χ3n) is 5.10. The smallest absolute Gasteiger partial charge is 0.338 e. The van der Waals surface area contributed by atoms with Crippen molar-refractivity contribution in [1.82, 2.24) is 0 Å². The second kappa shape index (κ2) is 9.74. The van der Waals surface area contributed by atoms with Gasteiger partial charge in [-0.25, -0.2) is 13.2 Å². The fourth-order valence-electron chi connectivity index (χ4n) is 3.46. The SMILES string of the molecule is CCOC(=O)c1ccc(NC(=O)[C@H]2CN(S(=O)(=O)c3ccccc3)c3ccccc3O2)c(Cl)c1. The van der Waals surface area contributed by atoms with Crippen molar-refractivity contribution in [2.24, 2.45) is 0 Å². The van der Waals surface area contributed by atoms with E-state index in [1.54, 1.807) is 49.4 Å². The Morgan fingerprint density at radius 1 is 1.09 bits per heavy atom. The third kappa shape index (κ3) is 4.71. The van der Waals surface area contributed by atoms with E-state index in [1.165, 1.54) is 30.3 Å². The van der Waals surface area contributed by atoms with Crippen LogP contribution in [-0.2, 0) is 19.6 Å². The van der Waals surface area contributed by atoms with Crippen LogP contribution in [0, 0.1) is 0 Å². The molecule has 176 valence electrons. The number of nitrogens with zero attached hydrogens (tertiary/aromatic N) is 1. The molecule has 1 amide bonds. The molecule has 0 radical (unpaired) electrons. The molecule has 1 heterocycles. The molecular weight excluding hydrogens is 480 g/mol. The Bertz CT molecular complexity index is 1330. The number of carbonyl (C=O) groups is 2. The molecule has 1 aliphatic rings. The second-order valence-electron chi connectivity index (χ2n) is 7.33. The normalized spacial score (nSPS) is 15.1. The first-order chi connectivity index (χ1) is 16.3. The van der Waals surface area contributed by atoms with Gasteiger partial charge in [-0.15, -0.1) is 0 Å². The Hall–Kier alpha value is -3.56. The van der Waals surface area contributed by atoms with E-state index in [2.05, 4.69) is 5.32 Å². The number of fused-ring (bicyclic) bond motifs is 1. The topological polar surface area (TPSA) is 102 Å². The third-order valence-corrected chi connectivity index (χ3v) is 7.20. The van der Waals surface area contributed by atoms with Gasteiger partial charge in [0.05, 0.1) is 40.0 Å². The number of esters is 1. The van der Waals surface area contributed by atoms with Crippen LogP contribution in [0.2, 0.25) is 5.02 Å². The van der Waals surface area contributed by atoms with Gasteiger partial charge in [0.15, 0.2) is 6.10 Å². The highest BCUT2D eigenvalue weighted by Crippen LogP contribution is 2.37.